The summed E-state index contributed by atoms with van der Waals surface area (Å²) < 4.78 is 0. The number of aromatic hydroxyl groups is 1. The van der Waals surface area contributed by atoms with Crippen LogP contribution in [0.2, 0.25) is 0 Å². The van der Waals surface area contributed by atoms with Crippen molar-refractivity contribution in [3.63, 3.8) is 0 Å². The Morgan fingerprint density at radius 1 is 1.31 bits per heavy atom. The second-order valence-corrected chi connectivity index (χ2v) is 4.39. The highest BCUT2D eigenvalue weighted by Gasteiger charge is 2.12. The molecule has 0 aromatic heterocycles. The van der Waals surface area contributed by atoms with Crippen LogP contribution in [0, 0.1) is 0 Å². The maximum atomic E-state index is 11.0. The second-order valence-electron chi connectivity index (χ2n) is 2.22. The SMILES string of the molecule is O=C(Sc1ccc(O)cc1)C(Cl)Cl. The molecule has 0 unspecified atom stereocenters. The average molecular weight is 237 g/mol. The number of carbonyl (C=O) groups is 1. The van der Waals surface area contributed by atoms with Gasteiger partial charge in [-0.2, -0.15) is 0 Å². The van der Waals surface area contributed by atoms with Crippen molar-refractivity contribution in [1.82, 2.24) is 0 Å². The molecule has 1 N–H and O–H groups in total. The summed E-state index contributed by atoms with van der Waals surface area (Å²) in [6, 6.07) is 6.22. The molecule has 0 aliphatic rings. The zero-order valence-electron chi connectivity index (χ0n) is 6.41. The van der Waals surface area contributed by atoms with Crippen LogP contribution < -0.4 is 0 Å². The predicted octanol–water partition coefficient (Wildman–Crippen LogP) is 2.81. The third-order valence-electron chi connectivity index (χ3n) is 1.23. The summed E-state index contributed by atoms with van der Waals surface area (Å²) in [4.78, 5) is 10.7. The Morgan fingerprint density at radius 2 is 1.85 bits per heavy atom. The van der Waals surface area contributed by atoms with Crippen molar-refractivity contribution < 1.29 is 9.90 Å². The van der Waals surface area contributed by atoms with Crippen LogP contribution in [0.25, 0.3) is 0 Å². The zero-order valence-corrected chi connectivity index (χ0v) is 8.73. The average Bonchev–Trinajstić information content (AvgIpc) is 2.08. The molecule has 0 radical (unpaired) electrons. The first kappa shape index (κ1) is 10.7. The Balaban J connectivity index is 2.65. The van der Waals surface area contributed by atoms with Crippen molar-refractivity contribution >= 4 is 40.1 Å². The Labute approximate surface area is 89.8 Å². The van der Waals surface area contributed by atoms with Crippen molar-refractivity contribution in [2.75, 3.05) is 0 Å². The van der Waals surface area contributed by atoms with Crippen molar-refractivity contribution in [2.45, 2.75) is 9.73 Å². The number of carbonyl (C=O) groups excluding carboxylic acids is 1. The van der Waals surface area contributed by atoms with Gasteiger partial charge in [0, 0.05) is 4.90 Å². The van der Waals surface area contributed by atoms with Gasteiger partial charge in [0.2, 0.25) is 5.12 Å². The molecule has 13 heavy (non-hydrogen) atoms. The highest BCUT2D eigenvalue weighted by atomic mass is 35.5. The molecule has 0 atom stereocenters. The summed E-state index contributed by atoms with van der Waals surface area (Å²) in [5, 5.41) is 8.63. The Bertz CT molecular complexity index is 298. The lowest BCUT2D eigenvalue weighted by Crippen LogP contribution is -2.00. The first-order valence-electron chi connectivity index (χ1n) is 3.38. The molecule has 1 rings (SSSR count). The number of halogens is 2. The Hall–Kier alpha value is -0.380. The van der Waals surface area contributed by atoms with E-state index in [1.54, 1.807) is 12.1 Å². The van der Waals surface area contributed by atoms with Crippen LogP contribution in [-0.2, 0) is 4.79 Å². The minimum Gasteiger partial charge on any atom is -0.508 e. The number of hydrogen-bond acceptors (Lipinski definition) is 3. The van der Waals surface area contributed by atoms with Gasteiger partial charge >= 0.3 is 0 Å². The van der Waals surface area contributed by atoms with E-state index in [9.17, 15) is 4.79 Å². The smallest absolute Gasteiger partial charge is 0.226 e. The lowest BCUT2D eigenvalue weighted by atomic mass is 10.3. The molecule has 1 aromatic rings. The van der Waals surface area contributed by atoms with Gasteiger partial charge in [-0.15, -0.1) is 0 Å². The third kappa shape index (κ3) is 3.46. The van der Waals surface area contributed by atoms with Gasteiger partial charge in [-0.05, 0) is 36.0 Å². The largest absolute Gasteiger partial charge is 0.508 e. The van der Waals surface area contributed by atoms with E-state index in [4.69, 9.17) is 28.3 Å². The molecular weight excluding hydrogens is 231 g/mol. The van der Waals surface area contributed by atoms with E-state index in [-0.39, 0.29) is 10.9 Å². The predicted molar refractivity (Wildman–Crippen MR) is 54.5 cm³/mol. The van der Waals surface area contributed by atoms with Gasteiger partial charge < -0.3 is 5.11 Å². The summed E-state index contributed by atoms with van der Waals surface area (Å²) in [5.74, 6) is 0.157. The molecule has 0 saturated heterocycles. The van der Waals surface area contributed by atoms with Crippen LogP contribution in [0.1, 0.15) is 0 Å². The molecule has 70 valence electrons. The zero-order chi connectivity index (χ0) is 9.84. The standard InChI is InChI=1S/C8H6Cl2O2S/c9-7(10)8(12)13-6-3-1-5(11)2-4-6/h1-4,7,11H. The summed E-state index contributed by atoms with van der Waals surface area (Å²) in [6.07, 6.45) is 0. The fraction of sp³-hybridized carbons (Fsp3) is 0.125. The molecule has 0 spiro atoms. The molecule has 0 amide bonds. The number of hydrogen-bond donors (Lipinski definition) is 1. The van der Waals surface area contributed by atoms with Gasteiger partial charge in [-0.3, -0.25) is 4.79 Å². The first-order valence-corrected chi connectivity index (χ1v) is 5.07. The minimum atomic E-state index is -1.01. The summed E-state index contributed by atoms with van der Waals surface area (Å²) in [5.41, 5.74) is 0. The van der Waals surface area contributed by atoms with E-state index < -0.39 is 4.84 Å². The Morgan fingerprint density at radius 3 is 2.31 bits per heavy atom. The Kier molecular flexibility index (Phi) is 3.90. The van der Waals surface area contributed by atoms with Crippen LogP contribution in [-0.4, -0.2) is 15.1 Å². The third-order valence-corrected chi connectivity index (χ3v) is 2.83. The van der Waals surface area contributed by atoms with Gasteiger partial charge in [0.25, 0.3) is 0 Å². The summed E-state index contributed by atoms with van der Waals surface area (Å²) in [6.45, 7) is 0. The van der Waals surface area contributed by atoms with E-state index in [1.807, 2.05) is 0 Å². The molecule has 1 aromatic carbocycles. The maximum Gasteiger partial charge on any atom is 0.226 e. The second kappa shape index (κ2) is 4.74. The van der Waals surface area contributed by atoms with Crippen molar-refractivity contribution in [1.29, 1.82) is 0 Å². The molecule has 0 bridgehead atoms. The van der Waals surface area contributed by atoms with E-state index in [1.165, 1.54) is 12.1 Å². The fourth-order valence-electron chi connectivity index (χ4n) is 0.675. The lowest BCUT2D eigenvalue weighted by Gasteiger charge is -2.00. The lowest BCUT2D eigenvalue weighted by molar-refractivity contribution is -0.109. The van der Waals surface area contributed by atoms with Crippen LogP contribution in [0.4, 0.5) is 0 Å². The molecule has 0 aliphatic carbocycles. The van der Waals surface area contributed by atoms with E-state index in [0.717, 1.165) is 11.8 Å². The normalized spacial score (nSPS) is 10.4. The van der Waals surface area contributed by atoms with E-state index in [0.29, 0.717) is 4.90 Å². The van der Waals surface area contributed by atoms with Crippen molar-refractivity contribution in [2.24, 2.45) is 0 Å². The fourth-order valence-corrected chi connectivity index (χ4v) is 1.54. The van der Waals surface area contributed by atoms with Gasteiger partial charge in [0.1, 0.15) is 5.75 Å². The molecule has 2 nitrogen and oxygen atoms in total. The summed E-state index contributed by atoms with van der Waals surface area (Å²) >= 11 is 11.7. The molecule has 0 heterocycles. The van der Waals surface area contributed by atoms with Crippen LogP contribution >= 0.6 is 35.0 Å². The van der Waals surface area contributed by atoms with Gasteiger partial charge in [-0.25, -0.2) is 0 Å². The monoisotopic (exact) mass is 236 g/mol. The van der Waals surface area contributed by atoms with Crippen LogP contribution in [0.15, 0.2) is 29.2 Å². The van der Waals surface area contributed by atoms with Gasteiger partial charge in [0.05, 0.1) is 0 Å². The van der Waals surface area contributed by atoms with E-state index >= 15 is 0 Å². The number of rotatable bonds is 2. The molecule has 0 aliphatic heterocycles. The van der Waals surface area contributed by atoms with Crippen molar-refractivity contribution in [3.8, 4) is 5.75 Å². The quantitative estimate of drug-likeness (QED) is 0.634. The number of thioether (sulfide) groups is 1. The number of phenols is 1. The number of benzene rings is 1. The van der Waals surface area contributed by atoms with E-state index in [2.05, 4.69) is 0 Å². The highest BCUT2D eigenvalue weighted by molar-refractivity contribution is 8.14. The van der Waals surface area contributed by atoms with Gasteiger partial charge in [0.15, 0.2) is 4.84 Å². The molecule has 0 fully saturated rings. The minimum absolute atomic E-state index is 0.157. The van der Waals surface area contributed by atoms with Gasteiger partial charge in [-0.1, -0.05) is 23.2 Å². The molecule has 0 saturated carbocycles. The summed E-state index contributed by atoms with van der Waals surface area (Å²) in [7, 11) is 0. The number of phenolic OH excluding ortho intramolecular Hbond substituents is 1. The number of alkyl halides is 2. The van der Waals surface area contributed by atoms with Crippen molar-refractivity contribution in [3.05, 3.63) is 24.3 Å². The maximum absolute atomic E-state index is 11.0. The van der Waals surface area contributed by atoms with Crippen LogP contribution in [0.5, 0.6) is 5.75 Å². The molecule has 5 heteroatoms. The van der Waals surface area contributed by atoms with Crippen LogP contribution in [0.3, 0.4) is 0 Å². The topological polar surface area (TPSA) is 37.3 Å². The first-order chi connectivity index (χ1) is 6.09. The highest BCUT2D eigenvalue weighted by Crippen LogP contribution is 2.24. The molecular formula is C8H6Cl2O2S.